The van der Waals surface area contributed by atoms with Crippen LogP contribution in [0.2, 0.25) is 0 Å². The van der Waals surface area contributed by atoms with Gasteiger partial charge in [0.05, 0.1) is 17.4 Å². The number of methoxy groups -OCH3 is 1. The van der Waals surface area contributed by atoms with Crippen LogP contribution in [0.15, 0.2) is 27.4 Å². The Morgan fingerprint density at radius 2 is 2.12 bits per heavy atom. The van der Waals surface area contributed by atoms with Gasteiger partial charge in [-0.2, -0.15) is 0 Å². The fraction of sp³-hybridized carbons (Fsp3) is 0.182. The molecule has 0 spiro atoms. The third-order valence-corrected chi connectivity index (χ3v) is 2.36. The van der Waals surface area contributed by atoms with Crippen molar-refractivity contribution in [1.82, 2.24) is 0 Å². The molecule has 17 heavy (non-hydrogen) atoms. The van der Waals surface area contributed by atoms with E-state index in [0.29, 0.717) is 0 Å². The maximum Gasteiger partial charge on any atom is 0.396 e. The van der Waals surface area contributed by atoms with E-state index in [1.54, 1.807) is 25.1 Å². The van der Waals surface area contributed by atoms with Crippen LogP contribution in [0, 0.1) is 17.0 Å². The zero-order chi connectivity index (χ0) is 12.6. The molecule has 1 aromatic carbocycles. The molecule has 0 aliphatic rings. The molecule has 0 aliphatic heterocycles. The minimum atomic E-state index is -0.799. The van der Waals surface area contributed by atoms with Crippen molar-refractivity contribution in [3.63, 3.8) is 0 Å². The highest BCUT2D eigenvalue weighted by Crippen LogP contribution is 2.27. The number of benzene rings is 1. The van der Waals surface area contributed by atoms with Gasteiger partial charge in [-0.15, -0.1) is 0 Å². The smallest absolute Gasteiger partial charge is 0.396 e. The highest BCUT2D eigenvalue weighted by molar-refractivity contribution is 5.80. The molecule has 88 valence electrons. The van der Waals surface area contributed by atoms with Gasteiger partial charge < -0.3 is 9.15 Å². The Labute approximate surface area is 95.6 Å². The van der Waals surface area contributed by atoms with Crippen LogP contribution in [0.25, 0.3) is 11.0 Å². The Hall–Kier alpha value is -2.37. The highest BCUT2D eigenvalue weighted by Gasteiger charge is 2.25. The fourth-order valence-electron chi connectivity index (χ4n) is 1.57. The average molecular weight is 235 g/mol. The van der Waals surface area contributed by atoms with Crippen molar-refractivity contribution in [3.05, 3.63) is 44.1 Å². The summed E-state index contributed by atoms with van der Waals surface area (Å²) >= 11 is 0. The van der Waals surface area contributed by atoms with Crippen LogP contribution < -0.4 is 10.2 Å². The molecular formula is C11H9NO5. The van der Waals surface area contributed by atoms with Crippen molar-refractivity contribution in [2.75, 3.05) is 7.11 Å². The van der Waals surface area contributed by atoms with Crippen molar-refractivity contribution in [3.8, 4) is 5.95 Å². The van der Waals surface area contributed by atoms with E-state index in [0.717, 1.165) is 5.56 Å². The molecule has 0 saturated carbocycles. The molecule has 6 heteroatoms. The Morgan fingerprint density at radius 1 is 1.41 bits per heavy atom. The van der Waals surface area contributed by atoms with Crippen LogP contribution in [0.5, 0.6) is 5.95 Å². The quantitative estimate of drug-likeness (QED) is 0.587. The summed E-state index contributed by atoms with van der Waals surface area (Å²) in [5.41, 5.74) is -0.283. The third-order valence-electron chi connectivity index (χ3n) is 2.36. The summed E-state index contributed by atoms with van der Waals surface area (Å²) in [5, 5.41) is 11.0. The molecular weight excluding hydrogens is 226 g/mol. The number of ether oxygens (including phenoxy) is 1. The second-order valence-electron chi connectivity index (χ2n) is 3.53. The van der Waals surface area contributed by atoms with Gasteiger partial charge in [0.15, 0.2) is 0 Å². The number of hydrogen-bond acceptors (Lipinski definition) is 5. The summed E-state index contributed by atoms with van der Waals surface area (Å²) in [5.74, 6) is -0.378. The molecule has 1 aromatic heterocycles. The lowest BCUT2D eigenvalue weighted by Gasteiger charge is -2.02. The summed E-state index contributed by atoms with van der Waals surface area (Å²) in [4.78, 5) is 21.9. The molecule has 0 N–H and O–H groups in total. The van der Waals surface area contributed by atoms with E-state index in [-0.39, 0.29) is 16.9 Å². The predicted octanol–water partition coefficient (Wildman–Crippen LogP) is 2.02. The minimum absolute atomic E-state index is 0.178. The monoisotopic (exact) mass is 235 g/mol. The number of aryl methyl sites for hydroxylation is 1. The standard InChI is InChI=1S/C11H9NO5/c1-6-3-4-8-7(5-6)10(13)9(12(14)15)11(16-2)17-8/h3-5H,1-2H3. The molecule has 0 amide bonds. The average Bonchev–Trinajstić information content (AvgIpc) is 2.29. The van der Waals surface area contributed by atoms with Gasteiger partial charge >= 0.3 is 11.6 Å². The Morgan fingerprint density at radius 3 is 2.71 bits per heavy atom. The van der Waals surface area contributed by atoms with Gasteiger partial charge in [-0.25, -0.2) is 0 Å². The summed E-state index contributed by atoms with van der Waals surface area (Å²) in [6.45, 7) is 1.79. The van der Waals surface area contributed by atoms with Crippen molar-refractivity contribution in [2.45, 2.75) is 6.92 Å². The fourth-order valence-corrected chi connectivity index (χ4v) is 1.57. The van der Waals surface area contributed by atoms with E-state index >= 15 is 0 Å². The minimum Gasteiger partial charge on any atom is -0.463 e. The van der Waals surface area contributed by atoms with E-state index < -0.39 is 16.0 Å². The zero-order valence-corrected chi connectivity index (χ0v) is 9.22. The molecule has 0 bridgehead atoms. The van der Waals surface area contributed by atoms with E-state index in [4.69, 9.17) is 9.15 Å². The SMILES string of the molecule is COc1oc2ccc(C)cc2c(=O)c1[N+](=O)[O-]. The van der Waals surface area contributed by atoms with Gasteiger partial charge in [-0.1, -0.05) is 11.6 Å². The van der Waals surface area contributed by atoms with E-state index in [1.165, 1.54) is 7.11 Å². The summed E-state index contributed by atoms with van der Waals surface area (Å²) < 4.78 is 9.89. The van der Waals surface area contributed by atoms with Crippen LogP contribution in [0.4, 0.5) is 5.69 Å². The van der Waals surface area contributed by atoms with Crippen LogP contribution in [0.3, 0.4) is 0 Å². The lowest BCUT2D eigenvalue weighted by Crippen LogP contribution is -2.10. The van der Waals surface area contributed by atoms with E-state index in [2.05, 4.69) is 0 Å². The topological polar surface area (TPSA) is 82.6 Å². The van der Waals surface area contributed by atoms with Gasteiger partial charge in [-0.05, 0) is 19.1 Å². The number of nitrogens with zero attached hydrogens (tertiary/aromatic N) is 1. The molecule has 2 rings (SSSR count). The normalized spacial score (nSPS) is 10.5. The predicted molar refractivity (Wildman–Crippen MR) is 60.4 cm³/mol. The van der Waals surface area contributed by atoms with Crippen molar-refractivity contribution >= 4 is 16.7 Å². The second-order valence-corrected chi connectivity index (χ2v) is 3.53. The maximum atomic E-state index is 11.9. The van der Waals surface area contributed by atoms with Crippen molar-refractivity contribution in [1.29, 1.82) is 0 Å². The number of rotatable bonds is 2. The van der Waals surface area contributed by atoms with Crippen LogP contribution in [-0.4, -0.2) is 12.0 Å². The zero-order valence-electron chi connectivity index (χ0n) is 9.22. The van der Waals surface area contributed by atoms with E-state index in [9.17, 15) is 14.9 Å². The van der Waals surface area contributed by atoms with Crippen LogP contribution in [0.1, 0.15) is 5.56 Å². The molecule has 1 heterocycles. The Balaban J connectivity index is 2.94. The summed E-state index contributed by atoms with van der Waals surface area (Å²) in [7, 11) is 1.21. The maximum absolute atomic E-state index is 11.9. The van der Waals surface area contributed by atoms with Gasteiger partial charge in [-0.3, -0.25) is 14.9 Å². The first-order chi connectivity index (χ1) is 8.04. The number of hydrogen-bond donors (Lipinski definition) is 0. The molecule has 0 radical (unpaired) electrons. The second kappa shape index (κ2) is 3.89. The first-order valence-electron chi connectivity index (χ1n) is 4.80. The molecule has 0 aliphatic carbocycles. The largest absolute Gasteiger partial charge is 0.463 e. The highest BCUT2D eigenvalue weighted by atomic mass is 16.6. The lowest BCUT2D eigenvalue weighted by atomic mass is 10.1. The van der Waals surface area contributed by atoms with Gasteiger partial charge in [0.25, 0.3) is 5.43 Å². The van der Waals surface area contributed by atoms with Gasteiger partial charge in [0.2, 0.25) is 0 Å². The molecule has 0 saturated heterocycles. The third kappa shape index (κ3) is 1.73. The number of fused-ring (bicyclic) bond motifs is 1. The Kier molecular flexibility index (Phi) is 2.55. The lowest BCUT2D eigenvalue weighted by molar-refractivity contribution is -0.388. The van der Waals surface area contributed by atoms with Crippen LogP contribution >= 0.6 is 0 Å². The first kappa shape index (κ1) is 11.1. The molecule has 0 fully saturated rings. The molecule has 2 aromatic rings. The van der Waals surface area contributed by atoms with Gasteiger partial charge in [0.1, 0.15) is 5.58 Å². The summed E-state index contributed by atoms with van der Waals surface area (Å²) in [6.07, 6.45) is 0. The van der Waals surface area contributed by atoms with Crippen molar-refractivity contribution < 1.29 is 14.1 Å². The molecule has 0 atom stereocenters. The molecule has 6 nitrogen and oxygen atoms in total. The summed E-state index contributed by atoms with van der Waals surface area (Å²) in [6, 6.07) is 4.88. The number of nitro groups is 1. The first-order valence-corrected chi connectivity index (χ1v) is 4.80. The van der Waals surface area contributed by atoms with E-state index in [1.807, 2.05) is 0 Å². The molecule has 0 unspecified atom stereocenters. The van der Waals surface area contributed by atoms with Crippen molar-refractivity contribution in [2.24, 2.45) is 0 Å². The van der Waals surface area contributed by atoms with Crippen LogP contribution in [-0.2, 0) is 0 Å². The van der Waals surface area contributed by atoms with Gasteiger partial charge in [0, 0.05) is 0 Å². The Bertz CT molecular complexity index is 659.